The molecule has 1 aromatic heterocycles. The van der Waals surface area contributed by atoms with Crippen LogP contribution in [0.15, 0.2) is 30.6 Å². The van der Waals surface area contributed by atoms with Gasteiger partial charge in [-0.05, 0) is 31.4 Å². The lowest BCUT2D eigenvalue weighted by Gasteiger charge is -2.37. The van der Waals surface area contributed by atoms with Crippen molar-refractivity contribution in [3.8, 4) is 0 Å². The van der Waals surface area contributed by atoms with Crippen LogP contribution in [0, 0.1) is 0 Å². The molecule has 0 spiro atoms. The molecule has 1 aliphatic heterocycles. The third kappa shape index (κ3) is 3.75. The van der Waals surface area contributed by atoms with Crippen molar-refractivity contribution in [2.45, 2.75) is 38.6 Å². The van der Waals surface area contributed by atoms with Gasteiger partial charge in [-0.2, -0.15) is 0 Å². The van der Waals surface area contributed by atoms with Gasteiger partial charge < -0.3 is 14.8 Å². The first-order chi connectivity index (χ1) is 11.6. The van der Waals surface area contributed by atoms with Gasteiger partial charge in [-0.15, -0.1) is 10.2 Å². The first-order valence-electron chi connectivity index (χ1n) is 8.59. The summed E-state index contributed by atoms with van der Waals surface area (Å²) < 4.78 is 1.87. The van der Waals surface area contributed by atoms with Crippen molar-refractivity contribution in [1.29, 1.82) is 0 Å². The number of para-hydroxylation sites is 1. The molecule has 1 aliphatic rings. The zero-order valence-corrected chi connectivity index (χ0v) is 14.4. The molecule has 0 bridgehead atoms. The number of hydrogen-bond acceptors (Lipinski definition) is 4. The van der Waals surface area contributed by atoms with Gasteiger partial charge in [0.15, 0.2) is 0 Å². The molecule has 0 unspecified atom stereocenters. The van der Waals surface area contributed by atoms with E-state index in [1.54, 1.807) is 6.33 Å². The van der Waals surface area contributed by atoms with Crippen LogP contribution in [0.25, 0.3) is 0 Å². The number of benzene rings is 1. The van der Waals surface area contributed by atoms with Gasteiger partial charge in [0.1, 0.15) is 12.2 Å². The second-order valence-electron chi connectivity index (χ2n) is 6.42. The van der Waals surface area contributed by atoms with Crippen LogP contribution >= 0.6 is 0 Å². The highest BCUT2D eigenvalue weighted by Gasteiger charge is 2.22. The molecule has 1 aromatic carbocycles. The maximum absolute atomic E-state index is 12.1. The number of rotatable bonds is 6. The van der Waals surface area contributed by atoms with Crippen molar-refractivity contribution in [3.05, 3.63) is 42.0 Å². The van der Waals surface area contributed by atoms with Crippen molar-refractivity contribution < 1.29 is 4.79 Å². The summed E-state index contributed by atoms with van der Waals surface area (Å²) in [6, 6.07) is 9.00. The fourth-order valence-corrected chi connectivity index (χ4v) is 3.26. The van der Waals surface area contributed by atoms with Crippen LogP contribution < -0.4 is 10.2 Å². The minimum absolute atomic E-state index is 0.0902. The highest BCUT2D eigenvalue weighted by Crippen LogP contribution is 2.30. The molecule has 0 aliphatic carbocycles. The Kier molecular flexibility index (Phi) is 5.13. The number of anilines is 1. The lowest BCUT2D eigenvalue weighted by atomic mass is 9.96. The zero-order valence-electron chi connectivity index (χ0n) is 14.4. The summed E-state index contributed by atoms with van der Waals surface area (Å²) in [5.41, 5.74) is 2.67. The molecule has 1 N–H and O–H groups in total. The van der Waals surface area contributed by atoms with E-state index in [0.29, 0.717) is 25.4 Å². The molecule has 3 rings (SSSR count). The van der Waals surface area contributed by atoms with Crippen molar-refractivity contribution in [1.82, 2.24) is 20.1 Å². The van der Waals surface area contributed by atoms with Crippen molar-refractivity contribution in [2.24, 2.45) is 7.05 Å². The Hall–Kier alpha value is -2.37. The van der Waals surface area contributed by atoms with E-state index in [4.69, 9.17) is 0 Å². The molecule has 0 radical (unpaired) electrons. The number of aromatic nitrogens is 3. The number of nitrogens with zero attached hydrogens (tertiary/aromatic N) is 4. The molecule has 128 valence electrons. The van der Waals surface area contributed by atoms with E-state index >= 15 is 0 Å². The van der Waals surface area contributed by atoms with Gasteiger partial charge in [-0.1, -0.05) is 18.2 Å². The molecular weight excluding hydrogens is 302 g/mol. The van der Waals surface area contributed by atoms with E-state index in [9.17, 15) is 4.79 Å². The number of aryl methyl sites for hydroxylation is 2. The predicted molar refractivity (Wildman–Crippen MR) is 93.9 cm³/mol. The van der Waals surface area contributed by atoms with Crippen LogP contribution in [0.3, 0.4) is 0 Å². The Balaban J connectivity index is 1.48. The van der Waals surface area contributed by atoms with Crippen LogP contribution in [0.1, 0.15) is 31.2 Å². The maximum atomic E-state index is 12.1. The normalized spacial score (nSPS) is 16.8. The number of carbonyl (C=O) groups excluding carboxylic acids is 1. The molecule has 0 fully saturated rings. The fraction of sp³-hybridized carbons (Fsp3) is 0.500. The molecule has 2 heterocycles. The van der Waals surface area contributed by atoms with E-state index in [0.717, 1.165) is 25.2 Å². The third-order valence-electron chi connectivity index (χ3n) is 4.72. The highest BCUT2D eigenvalue weighted by molar-refractivity contribution is 5.76. The summed E-state index contributed by atoms with van der Waals surface area (Å²) >= 11 is 0. The molecule has 0 saturated carbocycles. The molecule has 6 nitrogen and oxygen atoms in total. The second-order valence-corrected chi connectivity index (χ2v) is 6.42. The van der Waals surface area contributed by atoms with Crippen LogP contribution in [-0.2, 0) is 24.7 Å². The van der Waals surface area contributed by atoms with E-state index < -0.39 is 0 Å². The van der Waals surface area contributed by atoms with Gasteiger partial charge in [-0.3, -0.25) is 4.79 Å². The smallest absolute Gasteiger partial charge is 0.221 e. The Morgan fingerprint density at radius 3 is 3.00 bits per heavy atom. The molecule has 6 heteroatoms. The van der Waals surface area contributed by atoms with Crippen LogP contribution in [0.5, 0.6) is 0 Å². The van der Waals surface area contributed by atoms with Crippen molar-refractivity contribution in [2.75, 3.05) is 18.0 Å². The summed E-state index contributed by atoms with van der Waals surface area (Å²) in [7, 11) is 1.91. The summed E-state index contributed by atoms with van der Waals surface area (Å²) in [5, 5.41) is 10.8. The van der Waals surface area contributed by atoms with Crippen LogP contribution in [0.2, 0.25) is 0 Å². The molecular formula is C18H25N5O. The SMILES string of the molecule is C[C@@H]1CCc2ccccc2N1CCC(=O)NCCc1nncn1C. The number of fused-ring (bicyclic) bond motifs is 1. The van der Waals surface area contributed by atoms with Gasteiger partial charge in [-0.25, -0.2) is 0 Å². The lowest BCUT2D eigenvalue weighted by Crippen LogP contribution is -2.40. The fourth-order valence-electron chi connectivity index (χ4n) is 3.26. The molecule has 1 amide bonds. The average molecular weight is 327 g/mol. The highest BCUT2D eigenvalue weighted by atomic mass is 16.1. The second kappa shape index (κ2) is 7.47. The van der Waals surface area contributed by atoms with E-state index in [-0.39, 0.29) is 5.91 Å². The van der Waals surface area contributed by atoms with Crippen molar-refractivity contribution in [3.63, 3.8) is 0 Å². The Morgan fingerprint density at radius 2 is 2.21 bits per heavy atom. The monoisotopic (exact) mass is 327 g/mol. The minimum atomic E-state index is 0.0902. The molecule has 1 atom stereocenters. The standard InChI is InChI=1S/C18H25N5O/c1-14-7-8-15-5-3-4-6-16(15)23(14)12-10-18(24)19-11-9-17-21-20-13-22(17)2/h3-6,13-14H,7-12H2,1-2H3,(H,19,24)/t14-/m1/s1. The molecule has 24 heavy (non-hydrogen) atoms. The van der Waals surface area contributed by atoms with E-state index in [2.05, 4.69) is 51.6 Å². The number of carbonyl (C=O) groups is 1. The summed E-state index contributed by atoms with van der Waals surface area (Å²) in [6.45, 7) is 3.59. The summed E-state index contributed by atoms with van der Waals surface area (Å²) in [5.74, 6) is 0.973. The first-order valence-corrected chi connectivity index (χ1v) is 8.59. The van der Waals surface area contributed by atoms with Crippen LogP contribution in [0.4, 0.5) is 5.69 Å². The quantitative estimate of drug-likeness (QED) is 0.877. The Bertz CT molecular complexity index is 696. The lowest BCUT2D eigenvalue weighted by molar-refractivity contribution is -0.120. The van der Waals surface area contributed by atoms with Crippen molar-refractivity contribution >= 4 is 11.6 Å². The number of nitrogens with one attached hydrogen (secondary N) is 1. The summed E-state index contributed by atoms with van der Waals surface area (Å²) in [4.78, 5) is 14.5. The number of hydrogen-bond donors (Lipinski definition) is 1. The van der Waals surface area contributed by atoms with Gasteiger partial charge >= 0.3 is 0 Å². The van der Waals surface area contributed by atoms with Gasteiger partial charge in [0, 0.05) is 44.7 Å². The van der Waals surface area contributed by atoms with E-state index in [1.807, 2.05) is 11.6 Å². The largest absolute Gasteiger partial charge is 0.368 e. The van der Waals surface area contributed by atoms with E-state index in [1.165, 1.54) is 11.3 Å². The number of amides is 1. The van der Waals surface area contributed by atoms with Gasteiger partial charge in [0.2, 0.25) is 5.91 Å². The maximum Gasteiger partial charge on any atom is 0.221 e. The Labute approximate surface area is 142 Å². The Morgan fingerprint density at radius 1 is 1.38 bits per heavy atom. The average Bonchev–Trinajstić information content (AvgIpc) is 2.99. The topological polar surface area (TPSA) is 63.1 Å². The van der Waals surface area contributed by atoms with Crippen LogP contribution in [-0.4, -0.2) is 39.8 Å². The zero-order chi connectivity index (χ0) is 16.9. The first kappa shape index (κ1) is 16.5. The minimum Gasteiger partial charge on any atom is -0.368 e. The summed E-state index contributed by atoms with van der Waals surface area (Å²) in [6.07, 6.45) is 5.15. The third-order valence-corrected chi connectivity index (χ3v) is 4.72. The predicted octanol–water partition coefficient (Wildman–Crippen LogP) is 1.71. The van der Waals surface area contributed by atoms with Gasteiger partial charge in [0.05, 0.1) is 0 Å². The van der Waals surface area contributed by atoms with Gasteiger partial charge in [0.25, 0.3) is 0 Å². The molecule has 0 saturated heterocycles. The molecule has 2 aromatic rings.